The van der Waals surface area contributed by atoms with Gasteiger partial charge in [0.05, 0.1) is 12.3 Å². The molecule has 0 spiro atoms. The van der Waals surface area contributed by atoms with E-state index in [0.717, 1.165) is 12.1 Å². The fourth-order valence-electron chi connectivity index (χ4n) is 2.03. The zero-order chi connectivity index (χ0) is 15.8. The Hall–Kier alpha value is -1.57. The molecule has 4 N–H and O–H groups in total. The number of hydrogen-bond donors (Lipinski definition) is 4. The molecule has 0 saturated carbocycles. The van der Waals surface area contributed by atoms with E-state index in [2.05, 4.69) is 28.4 Å². The summed E-state index contributed by atoms with van der Waals surface area (Å²) in [6.07, 6.45) is 3.42. The molecule has 1 aliphatic heterocycles. The number of benzene rings is 1. The molecule has 2 rings (SSSR count). The van der Waals surface area contributed by atoms with E-state index in [1.165, 1.54) is 30.2 Å². The average molecular weight is 322 g/mol. The predicted molar refractivity (Wildman–Crippen MR) is 89.2 cm³/mol. The Labute approximate surface area is 134 Å². The largest absolute Gasteiger partial charge is 0.330 e. The number of rotatable bonds is 7. The van der Waals surface area contributed by atoms with Crippen LogP contribution < -0.4 is 21.5 Å². The molecule has 1 saturated heterocycles. The van der Waals surface area contributed by atoms with Crippen molar-refractivity contribution >= 4 is 29.3 Å². The summed E-state index contributed by atoms with van der Waals surface area (Å²) in [6.45, 7) is 2.42. The van der Waals surface area contributed by atoms with E-state index in [0.29, 0.717) is 0 Å². The van der Waals surface area contributed by atoms with Crippen LogP contribution in [0.5, 0.6) is 0 Å². The minimum absolute atomic E-state index is 0.0840. The van der Waals surface area contributed by atoms with E-state index in [-0.39, 0.29) is 29.6 Å². The van der Waals surface area contributed by atoms with Crippen LogP contribution >= 0.6 is 11.8 Å². The van der Waals surface area contributed by atoms with Gasteiger partial charge in [-0.2, -0.15) is 0 Å². The lowest BCUT2D eigenvalue weighted by molar-refractivity contribution is -0.122. The molecule has 120 valence electrons. The van der Waals surface area contributed by atoms with Gasteiger partial charge < -0.3 is 10.6 Å². The second-order valence-electron chi connectivity index (χ2n) is 5.11. The summed E-state index contributed by atoms with van der Waals surface area (Å²) < 4.78 is 0. The molecule has 1 aromatic rings. The van der Waals surface area contributed by atoms with Crippen LogP contribution in [0.2, 0.25) is 0 Å². The Kier molecular flexibility index (Phi) is 6.70. The van der Waals surface area contributed by atoms with Crippen molar-refractivity contribution in [1.82, 2.24) is 16.2 Å². The van der Waals surface area contributed by atoms with Gasteiger partial charge in [-0.3, -0.25) is 9.59 Å². The Morgan fingerprint density at radius 1 is 1.36 bits per heavy atom. The number of nitrogens with one attached hydrogen (secondary N) is 4. The van der Waals surface area contributed by atoms with Gasteiger partial charge in [0.25, 0.3) is 0 Å². The third-order valence-corrected chi connectivity index (χ3v) is 4.21. The average Bonchev–Trinajstić information content (AvgIpc) is 2.52. The summed E-state index contributed by atoms with van der Waals surface area (Å²) in [6, 6.07) is 7.95. The third kappa shape index (κ3) is 5.67. The molecule has 1 fully saturated rings. The smallest absolute Gasteiger partial charge is 0.237 e. The number of amides is 2. The summed E-state index contributed by atoms with van der Waals surface area (Å²) >= 11 is 1.33. The molecule has 0 aromatic heterocycles. The molecule has 1 aromatic carbocycles. The van der Waals surface area contributed by atoms with E-state index in [9.17, 15) is 9.59 Å². The van der Waals surface area contributed by atoms with Gasteiger partial charge in [-0.1, -0.05) is 25.5 Å². The van der Waals surface area contributed by atoms with Crippen LogP contribution in [0.3, 0.4) is 0 Å². The number of carbonyl (C=O) groups is 2. The normalized spacial score (nSPS) is 17.9. The first-order valence-electron chi connectivity index (χ1n) is 7.45. The molecule has 0 bridgehead atoms. The molecule has 0 aliphatic carbocycles. The topological polar surface area (TPSA) is 82.3 Å². The molecule has 1 aliphatic rings. The Morgan fingerprint density at radius 3 is 2.82 bits per heavy atom. The molecule has 1 unspecified atom stereocenters. The SMILES string of the molecule is CCCCc1ccc(NC(=O)CSC2NNCC(=O)N2)cc1. The third-order valence-electron chi connectivity index (χ3n) is 3.21. The molecule has 7 heteroatoms. The molecule has 1 atom stereocenters. The van der Waals surface area contributed by atoms with Gasteiger partial charge in [0.15, 0.2) is 0 Å². The second-order valence-corrected chi connectivity index (χ2v) is 6.20. The van der Waals surface area contributed by atoms with Crippen molar-refractivity contribution in [3.8, 4) is 0 Å². The minimum atomic E-state index is -0.289. The molecular formula is C15H22N4O2S. The first-order valence-corrected chi connectivity index (χ1v) is 8.50. The lowest BCUT2D eigenvalue weighted by Crippen LogP contribution is -2.58. The van der Waals surface area contributed by atoms with Gasteiger partial charge in [-0.05, 0) is 30.5 Å². The molecule has 1 heterocycles. The van der Waals surface area contributed by atoms with Crippen molar-refractivity contribution in [2.75, 3.05) is 17.6 Å². The summed E-state index contributed by atoms with van der Waals surface area (Å²) in [5.41, 5.74) is 7.46. The van der Waals surface area contributed by atoms with E-state index in [4.69, 9.17) is 0 Å². The van der Waals surface area contributed by atoms with Gasteiger partial charge in [0, 0.05) is 5.69 Å². The van der Waals surface area contributed by atoms with Gasteiger partial charge in [-0.15, -0.1) is 11.8 Å². The van der Waals surface area contributed by atoms with Crippen LogP contribution in [0.15, 0.2) is 24.3 Å². The quantitative estimate of drug-likeness (QED) is 0.607. The standard InChI is InChI=1S/C15H22N4O2S/c1-2-3-4-11-5-7-12(8-6-11)17-14(21)10-22-15-18-13(20)9-16-19-15/h5-8,15-16,19H,2-4,9-10H2,1H3,(H,17,21)(H,18,20). The van der Waals surface area contributed by atoms with Crippen molar-refractivity contribution in [3.63, 3.8) is 0 Å². The van der Waals surface area contributed by atoms with Crippen LogP contribution in [0, 0.1) is 0 Å². The fourth-order valence-corrected chi connectivity index (χ4v) is 2.80. The number of unbranched alkanes of at least 4 members (excludes halogenated alkanes) is 1. The van der Waals surface area contributed by atoms with Crippen molar-refractivity contribution in [2.24, 2.45) is 0 Å². The number of aryl methyl sites for hydroxylation is 1. The number of thioether (sulfide) groups is 1. The lowest BCUT2D eigenvalue weighted by Gasteiger charge is -2.24. The van der Waals surface area contributed by atoms with Crippen molar-refractivity contribution in [3.05, 3.63) is 29.8 Å². The van der Waals surface area contributed by atoms with Crippen LogP contribution in [0.4, 0.5) is 5.69 Å². The van der Waals surface area contributed by atoms with Crippen LogP contribution in [-0.2, 0) is 16.0 Å². The maximum Gasteiger partial charge on any atom is 0.237 e. The monoisotopic (exact) mass is 322 g/mol. The van der Waals surface area contributed by atoms with Gasteiger partial charge >= 0.3 is 0 Å². The highest BCUT2D eigenvalue weighted by Gasteiger charge is 2.18. The summed E-state index contributed by atoms with van der Waals surface area (Å²) in [4.78, 5) is 23.1. The highest BCUT2D eigenvalue weighted by atomic mass is 32.2. The van der Waals surface area contributed by atoms with Crippen molar-refractivity contribution in [2.45, 2.75) is 31.7 Å². The van der Waals surface area contributed by atoms with E-state index in [1.54, 1.807) is 0 Å². The maximum atomic E-state index is 11.9. The maximum absolute atomic E-state index is 11.9. The molecule has 6 nitrogen and oxygen atoms in total. The van der Waals surface area contributed by atoms with E-state index < -0.39 is 0 Å². The zero-order valence-corrected chi connectivity index (χ0v) is 13.5. The minimum Gasteiger partial charge on any atom is -0.330 e. The van der Waals surface area contributed by atoms with Gasteiger partial charge in [0.2, 0.25) is 11.8 Å². The van der Waals surface area contributed by atoms with Crippen LogP contribution in [-0.4, -0.2) is 29.6 Å². The predicted octanol–water partition coefficient (Wildman–Crippen LogP) is 1.21. The Balaban J connectivity index is 1.73. The molecule has 2 amide bonds. The molecular weight excluding hydrogens is 300 g/mol. The van der Waals surface area contributed by atoms with Gasteiger partial charge in [-0.25, -0.2) is 10.9 Å². The first-order chi connectivity index (χ1) is 10.7. The summed E-state index contributed by atoms with van der Waals surface area (Å²) in [7, 11) is 0. The fraction of sp³-hybridized carbons (Fsp3) is 0.467. The van der Waals surface area contributed by atoms with Crippen molar-refractivity contribution in [1.29, 1.82) is 0 Å². The molecule has 0 radical (unpaired) electrons. The van der Waals surface area contributed by atoms with E-state index >= 15 is 0 Å². The summed E-state index contributed by atoms with van der Waals surface area (Å²) in [5.74, 6) is 0.0873. The Bertz CT molecular complexity index is 507. The Morgan fingerprint density at radius 2 is 2.14 bits per heavy atom. The highest BCUT2D eigenvalue weighted by molar-refractivity contribution is 8.00. The van der Waals surface area contributed by atoms with Crippen molar-refractivity contribution < 1.29 is 9.59 Å². The number of hydrazine groups is 1. The van der Waals surface area contributed by atoms with E-state index in [1.807, 2.05) is 24.3 Å². The lowest BCUT2D eigenvalue weighted by atomic mass is 10.1. The number of carbonyl (C=O) groups excluding carboxylic acids is 2. The number of hydrogen-bond acceptors (Lipinski definition) is 5. The first kappa shape index (κ1) is 16.8. The van der Waals surface area contributed by atoms with Gasteiger partial charge in [0.1, 0.15) is 5.50 Å². The molecule has 22 heavy (non-hydrogen) atoms. The number of anilines is 1. The summed E-state index contributed by atoms with van der Waals surface area (Å²) in [5, 5.41) is 5.59. The van der Waals surface area contributed by atoms with Crippen LogP contribution in [0.1, 0.15) is 25.3 Å². The highest BCUT2D eigenvalue weighted by Crippen LogP contribution is 2.13. The second kappa shape index (κ2) is 8.77. The zero-order valence-electron chi connectivity index (χ0n) is 12.6. The van der Waals surface area contributed by atoms with Crippen LogP contribution in [0.25, 0.3) is 0 Å².